The van der Waals surface area contributed by atoms with Crippen molar-refractivity contribution < 1.29 is 9.53 Å². The van der Waals surface area contributed by atoms with Gasteiger partial charge in [0.1, 0.15) is 5.75 Å². The van der Waals surface area contributed by atoms with Crippen molar-refractivity contribution in [1.29, 1.82) is 5.26 Å². The third-order valence-corrected chi connectivity index (χ3v) is 4.28. The standard InChI is InChI=1S/C19H15N3O2S/c1-2-24-16-9-7-15(8-10-16)21-19-22-18(23)17(25-19)11-13-3-5-14(12-20)6-4-13/h3-11H,2H2,1H3,(H,21,22,23)/b17-11+. The van der Waals surface area contributed by atoms with E-state index in [1.807, 2.05) is 31.2 Å². The lowest BCUT2D eigenvalue weighted by Gasteiger charge is -2.02. The summed E-state index contributed by atoms with van der Waals surface area (Å²) >= 11 is 1.29. The number of hydrogen-bond acceptors (Lipinski definition) is 5. The fraction of sp³-hybridized carbons (Fsp3) is 0.105. The van der Waals surface area contributed by atoms with Gasteiger partial charge in [-0.05, 0) is 66.7 Å². The van der Waals surface area contributed by atoms with Crippen LogP contribution in [-0.2, 0) is 4.79 Å². The molecule has 124 valence electrons. The van der Waals surface area contributed by atoms with Gasteiger partial charge in [-0.2, -0.15) is 5.26 Å². The maximum Gasteiger partial charge on any atom is 0.264 e. The molecule has 1 aliphatic heterocycles. The van der Waals surface area contributed by atoms with E-state index in [2.05, 4.69) is 16.4 Å². The minimum absolute atomic E-state index is 0.181. The summed E-state index contributed by atoms with van der Waals surface area (Å²) in [6, 6.07) is 16.5. The van der Waals surface area contributed by atoms with E-state index in [0.717, 1.165) is 17.0 Å². The molecule has 3 rings (SSSR count). The van der Waals surface area contributed by atoms with Crippen LogP contribution in [0.4, 0.5) is 5.69 Å². The molecule has 6 heteroatoms. The number of amidine groups is 1. The van der Waals surface area contributed by atoms with Crippen molar-refractivity contribution in [3.8, 4) is 11.8 Å². The summed E-state index contributed by atoms with van der Waals surface area (Å²) in [5.74, 6) is 0.606. The number of carbonyl (C=O) groups is 1. The molecule has 0 saturated carbocycles. The van der Waals surface area contributed by atoms with Crippen LogP contribution in [0.2, 0.25) is 0 Å². The van der Waals surface area contributed by atoms with Gasteiger partial charge < -0.3 is 10.1 Å². The molecule has 0 aliphatic carbocycles. The Balaban J connectivity index is 1.74. The van der Waals surface area contributed by atoms with E-state index >= 15 is 0 Å². The smallest absolute Gasteiger partial charge is 0.264 e. The molecule has 0 aromatic heterocycles. The van der Waals surface area contributed by atoms with Crippen LogP contribution in [0.3, 0.4) is 0 Å². The van der Waals surface area contributed by atoms with E-state index in [-0.39, 0.29) is 5.91 Å². The molecule has 1 heterocycles. The van der Waals surface area contributed by atoms with Crippen molar-refractivity contribution in [2.24, 2.45) is 4.99 Å². The van der Waals surface area contributed by atoms with Crippen LogP contribution in [-0.4, -0.2) is 17.7 Å². The monoisotopic (exact) mass is 349 g/mol. The zero-order valence-electron chi connectivity index (χ0n) is 13.5. The molecule has 1 amide bonds. The van der Waals surface area contributed by atoms with E-state index in [0.29, 0.717) is 22.2 Å². The van der Waals surface area contributed by atoms with Crippen LogP contribution < -0.4 is 10.1 Å². The van der Waals surface area contributed by atoms with Gasteiger partial charge in [0.2, 0.25) is 0 Å². The minimum Gasteiger partial charge on any atom is -0.494 e. The number of nitrogens with zero attached hydrogens (tertiary/aromatic N) is 2. The molecule has 0 atom stereocenters. The maximum atomic E-state index is 12.1. The number of aliphatic imine (C=N–C) groups is 1. The van der Waals surface area contributed by atoms with Crippen molar-refractivity contribution in [3.63, 3.8) is 0 Å². The number of benzene rings is 2. The number of ether oxygens (including phenoxy) is 1. The Morgan fingerprint density at radius 3 is 2.56 bits per heavy atom. The van der Waals surface area contributed by atoms with Gasteiger partial charge in [-0.3, -0.25) is 4.79 Å². The predicted octanol–water partition coefficient (Wildman–Crippen LogP) is 3.85. The molecule has 2 aromatic rings. The van der Waals surface area contributed by atoms with Gasteiger partial charge in [-0.25, -0.2) is 4.99 Å². The second-order valence-electron chi connectivity index (χ2n) is 5.14. The predicted molar refractivity (Wildman–Crippen MR) is 99.6 cm³/mol. The first-order valence-corrected chi connectivity index (χ1v) is 8.52. The highest BCUT2D eigenvalue weighted by molar-refractivity contribution is 8.18. The quantitative estimate of drug-likeness (QED) is 0.851. The minimum atomic E-state index is -0.181. The highest BCUT2D eigenvalue weighted by Gasteiger charge is 2.23. The first-order chi connectivity index (χ1) is 12.2. The van der Waals surface area contributed by atoms with Gasteiger partial charge in [0.25, 0.3) is 5.91 Å². The number of carbonyl (C=O) groups excluding carboxylic acids is 1. The van der Waals surface area contributed by atoms with E-state index in [1.54, 1.807) is 30.3 Å². The average Bonchev–Trinajstić information content (AvgIpc) is 2.97. The van der Waals surface area contributed by atoms with Gasteiger partial charge in [-0.1, -0.05) is 12.1 Å². The van der Waals surface area contributed by atoms with Crippen molar-refractivity contribution in [2.45, 2.75) is 6.92 Å². The molecular weight excluding hydrogens is 334 g/mol. The van der Waals surface area contributed by atoms with E-state index in [9.17, 15) is 4.79 Å². The molecule has 0 bridgehead atoms. The molecular formula is C19H15N3O2S. The number of nitrogens with one attached hydrogen (secondary N) is 1. The van der Waals surface area contributed by atoms with Crippen molar-refractivity contribution >= 4 is 34.6 Å². The molecule has 1 saturated heterocycles. The van der Waals surface area contributed by atoms with Crippen molar-refractivity contribution in [3.05, 3.63) is 64.6 Å². The Labute approximate surface area is 150 Å². The number of thioether (sulfide) groups is 1. The highest BCUT2D eigenvalue weighted by Crippen LogP contribution is 2.28. The Morgan fingerprint density at radius 2 is 1.92 bits per heavy atom. The Bertz CT molecular complexity index is 878. The number of nitriles is 1. The molecule has 1 N–H and O–H groups in total. The highest BCUT2D eigenvalue weighted by atomic mass is 32.2. The third-order valence-electron chi connectivity index (χ3n) is 3.37. The topological polar surface area (TPSA) is 74.5 Å². The third kappa shape index (κ3) is 4.28. The summed E-state index contributed by atoms with van der Waals surface area (Å²) < 4.78 is 5.40. The largest absolute Gasteiger partial charge is 0.494 e. The molecule has 1 aliphatic rings. The van der Waals surface area contributed by atoms with Crippen LogP contribution in [0.5, 0.6) is 5.75 Å². The molecule has 1 fully saturated rings. The fourth-order valence-electron chi connectivity index (χ4n) is 2.19. The summed E-state index contributed by atoms with van der Waals surface area (Å²) in [4.78, 5) is 17.1. The second-order valence-corrected chi connectivity index (χ2v) is 6.17. The lowest BCUT2D eigenvalue weighted by molar-refractivity contribution is -0.115. The lowest BCUT2D eigenvalue weighted by Crippen LogP contribution is -2.19. The number of rotatable bonds is 4. The normalized spacial score (nSPS) is 16.7. The average molecular weight is 349 g/mol. The first kappa shape index (κ1) is 16.8. The number of amides is 1. The van der Waals surface area contributed by atoms with Gasteiger partial charge in [0.05, 0.1) is 28.8 Å². The van der Waals surface area contributed by atoms with Crippen molar-refractivity contribution in [2.75, 3.05) is 6.61 Å². The molecule has 0 spiro atoms. The molecule has 2 aromatic carbocycles. The SMILES string of the molecule is CCOc1ccc(N=C2NC(=O)/C(=C\c3ccc(C#N)cc3)S2)cc1. The molecule has 25 heavy (non-hydrogen) atoms. The van der Waals surface area contributed by atoms with Crippen LogP contribution in [0, 0.1) is 11.3 Å². The van der Waals surface area contributed by atoms with Gasteiger partial charge in [-0.15, -0.1) is 0 Å². The van der Waals surface area contributed by atoms with E-state index in [4.69, 9.17) is 10.00 Å². The summed E-state index contributed by atoms with van der Waals surface area (Å²) in [6.07, 6.45) is 1.78. The Hall–Kier alpha value is -3.04. The summed E-state index contributed by atoms with van der Waals surface area (Å²) in [6.45, 7) is 2.55. The molecule has 0 unspecified atom stereocenters. The van der Waals surface area contributed by atoms with Gasteiger partial charge in [0, 0.05) is 0 Å². The summed E-state index contributed by atoms with van der Waals surface area (Å²) in [5, 5.41) is 12.1. The fourth-order valence-corrected chi connectivity index (χ4v) is 3.03. The molecule has 5 nitrogen and oxygen atoms in total. The zero-order chi connectivity index (χ0) is 17.6. The van der Waals surface area contributed by atoms with Crippen molar-refractivity contribution in [1.82, 2.24) is 5.32 Å². The van der Waals surface area contributed by atoms with Crippen LogP contribution in [0.15, 0.2) is 58.4 Å². The second kappa shape index (κ2) is 7.69. The van der Waals surface area contributed by atoms with Crippen LogP contribution >= 0.6 is 11.8 Å². The lowest BCUT2D eigenvalue weighted by atomic mass is 10.1. The first-order valence-electron chi connectivity index (χ1n) is 7.70. The van der Waals surface area contributed by atoms with E-state index < -0.39 is 0 Å². The number of hydrogen-bond donors (Lipinski definition) is 1. The summed E-state index contributed by atoms with van der Waals surface area (Å²) in [7, 11) is 0. The summed E-state index contributed by atoms with van der Waals surface area (Å²) in [5.41, 5.74) is 2.19. The van der Waals surface area contributed by atoms with Gasteiger partial charge >= 0.3 is 0 Å². The van der Waals surface area contributed by atoms with Gasteiger partial charge in [0.15, 0.2) is 5.17 Å². The Morgan fingerprint density at radius 1 is 1.20 bits per heavy atom. The van der Waals surface area contributed by atoms with E-state index in [1.165, 1.54) is 11.8 Å². The van der Waals surface area contributed by atoms with Crippen LogP contribution in [0.1, 0.15) is 18.1 Å². The molecule has 0 radical (unpaired) electrons. The zero-order valence-corrected chi connectivity index (χ0v) is 14.3. The van der Waals surface area contributed by atoms with Crippen LogP contribution in [0.25, 0.3) is 6.08 Å². The Kier molecular flexibility index (Phi) is 5.17. The maximum absolute atomic E-state index is 12.1.